The molecule has 13 heteroatoms. The van der Waals surface area contributed by atoms with Gasteiger partial charge in [-0.3, -0.25) is 19.2 Å². The van der Waals surface area contributed by atoms with Crippen LogP contribution in [0.3, 0.4) is 0 Å². The van der Waals surface area contributed by atoms with Gasteiger partial charge in [0.05, 0.1) is 20.4 Å². The molecule has 2 aromatic rings. The van der Waals surface area contributed by atoms with E-state index in [2.05, 4.69) is 15.3 Å². The lowest BCUT2D eigenvalue weighted by molar-refractivity contribution is 0.0217. The number of aliphatic hydroxyl groups is 1. The molecule has 4 rings (SSSR count). The molecule has 168 valence electrons. The molecular formula is C18H24N5O7P. The SMILES string of the molecule is COc1ccc(OP(=O)(O)OCC2C(CO)CC2N2CNc3c2nc(N)[nH]c3=O)cc1. The lowest BCUT2D eigenvalue weighted by Gasteiger charge is -2.48. The van der Waals surface area contributed by atoms with Crippen molar-refractivity contribution in [2.75, 3.05) is 42.9 Å². The summed E-state index contributed by atoms with van der Waals surface area (Å²) in [7, 11) is -2.88. The summed E-state index contributed by atoms with van der Waals surface area (Å²) in [5.74, 6) is 0.739. The summed E-state index contributed by atoms with van der Waals surface area (Å²) < 4.78 is 27.8. The number of aromatic amines is 1. The minimum Gasteiger partial charge on any atom is -0.497 e. The summed E-state index contributed by atoms with van der Waals surface area (Å²) in [6, 6.07) is 6.01. The highest BCUT2D eigenvalue weighted by atomic mass is 31.2. The summed E-state index contributed by atoms with van der Waals surface area (Å²) in [6.45, 7) is 0.107. The molecule has 1 saturated carbocycles. The third kappa shape index (κ3) is 4.33. The molecule has 12 nitrogen and oxygen atoms in total. The summed E-state index contributed by atoms with van der Waals surface area (Å²) >= 11 is 0. The first kappa shape index (κ1) is 21.4. The van der Waals surface area contributed by atoms with E-state index in [-0.39, 0.29) is 48.3 Å². The smallest absolute Gasteiger partial charge is 0.497 e. The summed E-state index contributed by atoms with van der Waals surface area (Å²) in [5, 5.41) is 12.6. The quantitative estimate of drug-likeness (QED) is 0.357. The topological polar surface area (TPSA) is 172 Å². The van der Waals surface area contributed by atoms with Crippen molar-refractivity contribution >= 4 is 25.3 Å². The van der Waals surface area contributed by atoms with Crippen LogP contribution in [-0.2, 0) is 9.09 Å². The number of nitrogens with zero attached hydrogens (tertiary/aromatic N) is 2. The number of hydrogen-bond donors (Lipinski definition) is 5. The summed E-state index contributed by atoms with van der Waals surface area (Å²) in [6.07, 6.45) is 0.606. The third-order valence-corrected chi connectivity index (χ3v) is 6.52. The Balaban J connectivity index is 1.43. The molecule has 1 aliphatic carbocycles. The fourth-order valence-electron chi connectivity index (χ4n) is 3.93. The maximum Gasteiger partial charge on any atom is 0.527 e. The van der Waals surface area contributed by atoms with Gasteiger partial charge in [0.25, 0.3) is 5.56 Å². The van der Waals surface area contributed by atoms with Gasteiger partial charge in [-0.05, 0) is 36.6 Å². The number of nitrogens with one attached hydrogen (secondary N) is 2. The van der Waals surface area contributed by atoms with Crippen LogP contribution in [0.1, 0.15) is 6.42 Å². The molecule has 1 aliphatic heterocycles. The molecule has 0 saturated heterocycles. The van der Waals surface area contributed by atoms with E-state index in [4.69, 9.17) is 19.5 Å². The van der Waals surface area contributed by atoms with Crippen LogP contribution in [0.25, 0.3) is 0 Å². The van der Waals surface area contributed by atoms with Crippen molar-refractivity contribution < 1.29 is 28.3 Å². The molecule has 31 heavy (non-hydrogen) atoms. The minimum atomic E-state index is -4.40. The monoisotopic (exact) mass is 453 g/mol. The number of methoxy groups -OCH3 is 1. The van der Waals surface area contributed by atoms with Crippen LogP contribution in [-0.4, -0.2) is 53.0 Å². The lowest BCUT2D eigenvalue weighted by Crippen LogP contribution is -2.55. The van der Waals surface area contributed by atoms with Crippen LogP contribution in [0.15, 0.2) is 29.1 Å². The van der Waals surface area contributed by atoms with Gasteiger partial charge in [-0.25, -0.2) is 4.57 Å². The van der Waals surface area contributed by atoms with Crippen molar-refractivity contribution in [1.29, 1.82) is 0 Å². The van der Waals surface area contributed by atoms with Gasteiger partial charge in [0, 0.05) is 18.6 Å². The highest BCUT2D eigenvalue weighted by molar-refractivity contribution is 7.47. The number of aromatic nitrogens is 2. The largest absolute Gasteiger partial charge is 0.527 e. The van der Waals surface area contributed by atoms with Crippen molar-refractivity contribution in [1.82, 2.24) is 9.97 Å². The standard InChI is InChI=1S/C18H24N5O7P/c1-28-11-2-4-12(5-3-11)30-31(26,27)29-8-13-10(7-24)6-14(13)23-9-20-15-16(23)21-18(19)22-17(15)25/h2-5,10,13-14,20,24H,6-9H2,1H3,(H,26,27)(H3,19,21,22,25). The maximum atomic E-state index is 12.4. The number of fused-ring (bicyclic) bond motifs is 1. The molecule has 4 atom stereocenters. The van der Waals surface area contributed by atoms with E-state index in [9.17, 15) is 19.4 Å². The number of benzene rings is 1. The number of ether oxygens (including phenoxy) is 1. The Kier molecular flexibility index (Phi) is 5.80. The van der Waals surface area contributed by atoms with E-state index < -0.39 is 7.82 Å². The molecular weight excluding hydrogens is 429 g/mol. The number of phosphoric acid groups is 1. The number of phosphoric ester groups is 1. The van der Waals surface area contributed by atoms with Gasteiger partial charge in [0.1, 0.15) is 17.2 Å². The van der Waals surface area contributed by atoms with Crippen LogP contribution >= 0.6 is 7.82 Å². The molecule has 6 N–H and O–H groups in total. The van der Waals surface area contributed by atoms with E-state index in [0.717, 1.165) is 0 Å². The number of hydrogen-bond acceptors (Lipinski definition) is 10. The average molecular weight is 453 g/mol. The van der Waals surface area contributed by atoms with Crippen molar-refractivity contribution in [2.45, 2.75) is 12.5 Å². The zero-order valence-electron chi connectivity index (χ0n) is 16.7. The van der Waals surface area contributed by atoms with E-state index >= 15 is 0 Å². The summed E-state index contributed by atoms with van der Waals surface area (Å²) in [4.78, 5) is 30.7. The number of nitrogen functional groups attached to an aromatic ring is 1. The van der Waals surface area contributed by atoms with Crippen molar-refractivity contribution in [2.24, 2.45) is 11.8 Å². The Morgan fingerprint density at radius 3 is 2.71 bits per heavy atom. The molecule has 1 aromatic heterocycles. The Hall–Kier alpha value is -2.79. The second-order valence-corrected chi connectivity index (χ2v) is 8.77. The van der Waals surface area contributed by atoms with Gasteiger partial charge >= 0.3 is 7.82 Å². The Labute approximate surface area is 177 Å². The van der Waals surface area contributed by atoms with Crippen molar-refractivity contribution in [3.05, 3.63) is 34.6 Å². The Morgan fingerprint density at radius 1 is 1.32 bits per heavy atom. The first-order valence-corrected chi connectivity index (χ1v) is 11.1. The van der Waals surface area contributed by atoms with Gasteiger partial charge in [-0.15, -0.1) is 0 Å². The van der Waals surface area contributed by atoms with Crippen LogP contribution in [0.4, 0.5) is 17.5 Å². The number of H-pyrrole nitrogens is 1. The predicted octanol–water partition coefficient (Wildman–Crippen LogP) is 0.743. The highest BCUT2D eigenvalue weighted by Gasteiger charge is 2.47. The predicted molar refractivity (Wildman–Crippen MR) is 112 cm³/mol. The van der Waals surface area contributed by atoms with Crippen LogP contribution in [0.2, 0.25) is 0 Å². The number of aliphatic hydroxyl groups excluding tert-OH is 1. The maximum absolute atomic E-state index is 12.4. The van der Waals surface area contributed by atoms with E-state index in [1.807, 2.05) is 4.90 Å². The first-order valence-electron chi connectivity index (χ1n) is 9.63. The van der Waals surface area contributed by atoms with Gasteiger partial charge in [0.2, 0.25) is 5.95 Å². The van der Waals surface area contributed by atoms with Crippen molar-refractivity contribution in [3.8, 4) is 11.5 Å². The normalized spacial score (nSPS) is 24.0. The Bertz CT molecular complexity index is 1050. The number of anilines is 3. The molecule has 0 amide bonds. The van der Waals surface area contributed by atoms with Crippen LogP contribution in [0, 0.1) is 11.8 Å². The fraction of sp³-hybridized carbons (Fsp3) is 0.444. The number of rotatable bonds is 8. The fourth-order valence-corrected chi connectivity index (χ4v) is 4.73. The first-order chi connectivity index (χ1) is 14.8. The van der Waals surface area contributed by atoms with Gasteiger partial charge in [-0.2, -0.15) is 4.98 Å². The van der Waals surface area contributed by atoms with E-state index in [1.54, 1.807) is 12.1 Å². The molecule has 0 radical (unpaired) electrons. The second-order valence-electron chi connectivity index (χ2n) is 7.40. The van der Waals surface area contributed by atoms with Crippen LogP contribution < -0.4 is 30.8 Å². The second kappa shape index (κ2) is 8.39. The molecule has 1 fully saturated rings. The van der Waals surface area contributed by atoms with E-state index in [0.29, 0.717) is 30.3 Å². The molecule has 4 unspecified atom stereocenters. The average Bonchev–Trinajstić information content (AvgIpc) is 3.11. The lowest BCUT2D eigenvalue weighted by atomic mass is 9.69. The van der Waals surface area contributed by atoms with Gasteiger partial charge < -0.3 is 30.3 Å². The minimum absolute atomic E-state index is 0.00367. The molecule has 2 heterocycles. The zero-order chi connectivity index (χ0) is 22.2. The third-order valence-electron chi connectivity index (χ3n) is 5.61. The van der Waals surface area contributed by atoms with Gasteiger partial charge in [-0.1, -0.05) is 0 Å². The summed E-state index contributed by atoms with van der Waals surface area (Å²) in [5.41, 5.74) is 5.61. The molecule has 2 aliphatic rings. The van der Waals surface area contributed by atoms with Crippen molar-refractivity contribution in [3.63, 3.8) is 0 Å². The van der Waals surface area contributed by atoms with Crippen LogP contribution in [0.5, 0.6) is 11.5 Å². The molecule has 0 spiro atoms. The zero-order valence-corrected chi connectivity index (χ0v) is 17.6. The Morgan fingerprint density at radius 2 is 2.03 bits per heavy atom. The molecule has 1 aromatic carbocycles. The molecule has 0 bridgehead atoms. The van der Waals surface area contributed by atoms with E-state index in [1.165, 1.54) is 19.2 Å². The van der Waals surface area contributed by atoms with Gasteiger partial charge in [0.15, 0.2) is 5.82 Å². The highest BCUT2D eigenvalue weighted by Crippen LogP contribution is 2.48. The number of nitrogens with two attached hydrogens (primary N) is 1.